The zero-order valence-electron chi connectivity index (χ0n) is 28.7. The third-order valence-corrected chi connectivity index (χ3v) is 13.8. The van der Waals surface area contributed by atoms with Gasteiger partial charge in [-0.25, -0.2) is 0 Å². The van der Waals surface area contributed by atoms with E-state index in [1.165, 1.54) is 104 Å². The molecule has 1 heteroatoms. The van der Waals surface area contributed by atoms with Gasteiger partial charge in [0.2, 0.25) is 0 Å². The van der Waals surface area contributed by atoms with Gasteiger partial charge < -0.3 is 4.57 Å². The predicted molar refractivity (Wildman–Crippen MR) is 212 cm³/mol. The van der Waals surface area contributed by atoms with Crippen molar-refractivity contribution in [2.24, 2.45) is 23.7 Å². The van der Waals surface area contributed by atoms with Gasteiger partial charge in [-0.3, -0.25) is 0 Å². The highest BCUT2D eigenvalue weighted by Crippen LogP contribution is 2.70. The molecule has 4 saturated carbocycles. The van der Waals surface area contributed by atoms with Gasteiger partial charge in [0.15, 0.2) is 0 Å². The lowest BCUT2D eigenvalue weighted by Gasteiger charge is -2.61. The molecule has 0 amide bonds. The van der Waals surface area contributed by atoms with Crippen molar-refractivity contribution in [3.8, 4) is 39.1 Å². The summed E-state index contributed by atoms with van der Waals surface area (Å²) in [6.07, 6.45) is 7.04. The molecule has 7 aromatic carbocycles. The molecule has 5 aliphatic rings. The maximum atomic E-state index is 2.57. The molecule has 0 radical (unpaired) electrons. The van der Waals surface area contributed by atoms with E-state index < -0.39 is 0 Å². The Labute approximate surface area is 299 Å². The van der Waals surface area contributed by atoms with Gasteiger partial charge in [-0.2, -0.15) is 0 Å². The average Bonchev–Trinajstić information content (AvgIpc) is 3.67. The van der Waals surface area contributed by atoms with Crippen molar-refractivity contribution in [2.45, 2.75) is 37.5 Å². The van der Waals surface area contributed by atoms with Crippen molar-refractivity contribution in [1.29, 1.82) is 0 Å². The first-order valence-corrected chi connectivity index (χ1v) is 19.1. The summed E-state index contributed by atoms with van der Waals surface area (Å²) in [4.78, 5) is 0. The molecule has 0 N–H and O–H groups in total. The lowest BCUT2D eigenvalue weighted by atomic mass is 9.43. The molecule has 4 fully saturated rings. The number of aromatic nitrogens is 1. The van der Waals surface area contributed by atoms with E-state index >= 15 is 0 Å². The van der Waals surface area contributed by atoms with E-state index in [1.807, 2.05) is 0 Å². The first-order chi connectivity index (χ1) is 25.3. The fraction of sp³-hybridized carbons (Fsp3) is 0.200. The quantitative estimate of drug-likeness (QED) is 0.179. The van der Waals surface area contributed by atoms with E-state index in [-0.39, 0.29) is 5.41 Å². The summed E-state index contributed by atoms with van der Waals surface area (Å²) in [6.45, 7) is 0. The number of hydrogen-bond acceptors (Lipinski definition) is 0. The van der Waals surface area contributed by atoms with Gasteiger partial charge in [0.05, 0.1) is 16.7 Å². The average molecular weight is 654 g/mol. The molecule has 0 saturated heterocycles. The smallest absolute Gasteiger partial charge is 0.0547 e. The lowest BCUT2D eigenvalue weighted by Crippen LogP contribution is -2.55. The van der Waals surface area contributed by atoms with E-state index in [1.54, 1.807) is 11.1 Å². The highest BCUT2D eigenvalue weighted by atomic mass is 15.0. The molecule has 4 bridgehead atoms. The van der Waals surface area contributed by atoms with Crippen molar-refractivity contribution in [3.05, 3.63) is 163 Å². The summed E-state index contributed by atoms with van der Waals surface area (Å²) in [5.74, 6) is 3.31. The summed E-state index contributed by atoms with van der Waals surface area (Å²) in [5, 5.41) is 5.21. The van der Waals surface area contributed by atoms with Crippen LogP contribution < -0.4 is 0 Å². The van der Waals surface area contributed by atoms with Crippen LogP contribution in [0.15, 0.2) is 152 Å². The molecule has 5 aliphatic carbocycles. The SMILES string of the molecule is c1ccc(-c2ccc3c(c2)-c2c(-c4cccc5c4c4ccccc4n5-c4cccc5ccccc45)cccc2C32C3CC4CC(C3)CC2C4)cc1. The zero-order valence-corrected chi connectivity index (χ0v) is 28.7. The predicted octanol–water partition coefficient (Wildman–Crippen LogP) is 13.0. The Kier molecular flexibility index (Phi) is 5.73. The fourth-order valence-electron chi connectivity index (χ4n) is 12.2. The Hall–Kier alpha value is -5.40. The van der Waals surface area contributed by atoms with E-state index in [0.717, 1.165) is 23.7 Å². The lowest BCUT2D eigenvalue weighted by molar-refractivity contribution is -0.0399. The van der Waals surface area contributed by atoms with Gasteiger partial charge in [-0.15, -0.1) is 0 Å². The van der Waals surface area contributed by atoms with Crippen molar-refractivity contribution >= 4 is 32.6 Å². The van der Waals surface area contributed by atoms with Crippen molar-refractivity contribution in [2.75, 3.05) is 0 Å². The van der Waals surface area contributed by atoms with Crippen LogP contribution in [0.5, 0.6) is 0 Å². The number of fused-ring (bicyclic) bond motifs is 7. The van der Waals surface area contributed by atoms with E-state index in [2.05, 4.69) is 156 Å². The molecule has 0 unspecified atom stereocenters. The first-order valence-electron chi connectivity index (χ1n) is 19.1. The van der Waals surface area contributed by atoms with Crippen LogP contribution in [0.4, 0.5) is 0 Å². The highest BCUT2D eigenvalue weighted by Gasteiger charge is 2.61. The standard InChI is InChI=1S/C50H39N/c1-2-11-33(12-3-1)35-23-24-43-42(30-35)48-39(17-9-19-44(48)50(43)36-26-31-25-32(28-36)29-37(50)27-31)40-18-10-22-47-49(40)41-16-6-7-20-46(41)51(47)45-21-8-14-34-13-4-5-15-38(34)45/h1-24,30-32,36-37H,25-29H2. The van der Waals surface area contributed by atoms with Gasteiger partial charge in [0.1, 0.15) is 0 Å². The Morgan fingerprint density at radius 1 is 0.451 bits per heavy atom. The summed E-state index contributed by atoms with van der Waals surface area (Å²) < 4.78 is 2.51. The summed E-state index contributed by atoms with van der Waals surface area (Å²) >= 11 is 0. The van der Waals surface area contributed by atoms with Crippen LogP contribution in [0.25, 0.3) is 71.6 Å². The minimum Gasteiger partial charge on any atom is -0.309 e. The maximum Gasteiger partial charge on any atom is 0.0547 e. The summed E-state index contributed by atoms with van der Waals surface area (Å²) in [6, 6.07) is 57.6. The first kappa shape index (κ1) is 28.3. The molecule has 0 aliphatic heterocycles. The molecule has 13 rings (SSSR count). The largest absolute Gasteiger partial charge is 0.309 e. The molecule has 1 nitrogen and oxygen atoms in total. The van der Waals surface area contributed by atoms with E-state index in [0.29, 0.717) is 0 Å². The highest BCUT2D eigenvalue weighted by molar-refractivity contribution is 6.18. The van der Waals surface area contributed by atoms with Crippen LogP contribution in [-0.4, -0.2) is 4.57 Å². The van der Waals surface area contributed by atoms with Gasteiger partial charge in [-0.1, -0.05) is 127 Å². The van der Waals surface area contributed by atoms with Crippen molar-refractivity contribution in [3.63, 3.8) is 0 Å². The molecule has 244 valence electrons. The number of nitrogens with zero attached hydrogens (tertiary/aromatic N) is 1. The number of para-hydroxylation sites is 1. The van der Waals surface area contributed by atoms with Crippen molar-refractivity contribution < 1.29 is 0 Å². The third kappa shape index (κ3) is 3.72. The molecule has 1 heterocycles. The molecule has 1 spiro atoms. The van der Waals surface area contributed by atoms with Crippen LogP contribution >= 0.6 is 0 Å². The van der Waals surface area contributed by atoms with E-state index in [4.69, 9.17) is 0 Å². The Morgan fingerprint density at radius 2 is 1.12 bits per heavy atom. The Balaban J connectivity index is 1.17. The topological polar surface area (TPSA) is 4.93 Å². The maximum absolute atomic E-state index is 2.57. The van der Waals surface area contributed by atoms with Crippen LogP contribution in [0.3, 0.4) is 0 Å². The van der Waals surface area contributed by atoms with Crippen molar-refractivity contribution in [1.82, 2.24) is 4.57 Å². The normalized spacial score (nSPS) is 24.2. The van der Waals surface area contributed by atoms with Gasteiger partial charge in [0.25, 0.3) is 0 Å². The summed E-state index contributed by atoms with van der Waals surface area (Å²) in [5.41, 5.74) is 15.4. The van der Waals surface area contributed by atoms with Crippen LogP contribution in [0.2, 0.25) is 0 Å². The van der Waals surface area contributed by atoms with Gasteiger partial charge in [-0.05, 0) is 130 Å². The molecule has 0 atom stereocenters. The molecular weight excluding hydrogens is 615 g/mol. The van der Waals surface area contributed by atoms with Gasteiger partial charge >= 0.3 is 0 Å². The summed E-state index contributed by atoms with van der Waals surface area (Å²) in [7, 11) is 0. The Bertz CT molecular complexity index is 2680. The molecular formula is C50H39N. The molecule has 51 heavy (non-hydrogen) atoms. The minimum atomic E-state index is 0.119. The number of hydrogen-bond donors (Lipinski definition) is 0. The zero-order chi connectivity index (χ0) is 33.3. The van der Waals surface area contributed by atoms with Crippen LogP contribution in [0, 0.1) is 23.7 Å². The number of benzene rings is 7. The molecule has 8 aromatic rings. The minimum absolute atomic E-state index is 0.119. The fourth-order valence-corrected chi connectivity index (χ4v) is 12.2. The second-order valence-electron chi connectivity index (χ2n) is 16.1. The second kappa shape index (κ2) is 10.3. The van der Waals surface area contributed by atoms with Crippen LogP contribution in [0.1, 0.15) is 43.2 Å². The third-order valence-electron chi connectivity index (χ3n) is 13.8. The number of rotatable bonds is 3. The second-order valence-corrected chi connectivity index (χ2v) is 16.1. The van der Waals surface area contributed by atoms with Gasteiger partial charge in [0, 0.05) is 21.6 Å². The molecule has 1 aromatic heterocycles. The van der Waals surface area contributed by atoms with E-state index in [9.17, 15) is 0 Å². The monoisotopic (exact) mass is 653 g/mol. The van der Waals surface area contributed by atoms with Crippen LogP contribution in [-0.2, 0) is 5.41 Å². The Morgan fingerprint density at radius 3 is 1.96 bits per heavy atom.